The number of hydrogen-bond donors (Lipinski definition) is 1. The molecule has 0 saturated heterocycles. The summed E-state index contributed by atoms with van der Waals surface area (Å²) in [4.78, 5) is 40.0. The van der Waals surface area contributed by atoms with Crippen LogP contribution in [-0.4, -0.2) is 17.5 Å². The first-order chi connectivity index (χ1) is 15.3. The Morgan fingerprint density at radius 2 is 1.38 bits per heavy atom. The largest absolute Gasteiger partial charge is 0.325 e. The highest BCUT2D eigenvalue weighted by atomic mass is 19.2. The van der Waals surface area contributed by atoms with E-state index >= 15 is 0 Å². The summed E-state index contributed by atoms with van der Waals surface area (Å²) in [6.07, 6.45) is 0. The van der Waals surface area contributed by atoms with Crippen molar-refractivity contribution in [3.05, 3.63) is 102 Å². The van der Waals surface area contributed by atoms with Crippen molar-refractivity contribution in [2.75, 3.05) is 5.32 Å². The van der Waals surface area contributed by atoms with Crippen LogP contribution in [0.2, 0.25) is 0 Å². The number of halogens is 2. The van der Waals surface area contributed by atoms with Gasteiger partial charge in [-0.15, -0.1) is 0 Å². The van der Waals surface area contributed by atoms with Gasteiger partial charge >= 0.3 is 0 Å². The predicted octanol–water partition coefficient (Wildman–Crippen LogP) is 5.41. The summed E-state index contributed by atoms with van der Waals surface area (Å²) in [6.45, 7) is 3.25. The van der Waals surface area contributed by atoms with E-state index in [0.717, 1.165) is 12.1 Å². The number of hydrogen-bond acceptors (Lipinski definition) is 3. The highest BCUT2D eigenvalue weighted by Gasteiger charge is 2.42. The molecule has 0 bridgehead atoms. The maximum Gasteiger partial charge on any atom is 0.236 e. The average Bonchev–Trinajstić information content (AvgIpc) is 2.79. The number of Topliss-reactive ketones (excluding diaryl/α,β-unsaturated/α-hetero) is 2. The van der Waals surface area contributed by atoms with Gasteiger partial charge in [-0.25, -0.2) is 8.78 Å². The minimum Gasteiger partial charge on any atom is -0.325 e. The molecule has 0 heterocycles. The molecule has 3 aromatic rings. The molecule has 1 N–H and O–H groups in total. The zero-order chi connectivity index (χ0) is 23.3. The van der Waals surface area contributed by atoms with Crippen LogP contribution in [0.5, 0.6) is 0 Å². The molecule has 0 spiro atoms. The fourth-order valence-corrected chi connectivity index (χ4v) is 3.56. The second-order valence-corrected chi connectivity index (χ2v) is 7.74. The zero-order valence-corrected chi connectivity index (χ0v) is 17.7. The highest BCUT2D eigenvalue weighted by molar-refractivity contribution is 6.14. The Hall–Kier alpha value is -3.67. The molecular weight excluding hydrogens is 412 g/mol. The standard InChI is InChI=1S/C26H23F2NO3/c1-16(2)24(30)22(26(32)29-18-12-7-4-8-13-18)21(17-10-5-3-6-11-17)25(31)19-14-9-15-20(27)23(19)28/h3-16,21-22H,1-2H3,(H,29,32). The van der Waals surface area contributed by atoms with Crippen molar-refractivity contribution in [1.29, 1.82) is 0 Å². The molecule has 0 fully saturated rings. The molecule has 0 saturated carbocycles. The van der Waals surface area contributed by atoms with E-state index < -0.39 is 52.4 Å². The quantitative estimate of drug-likeness (QED) is 0.380. The Morgan fingerprint density at radius 1 is 0.781 bits per heavy atom. The van der Waals surface area contributed by atoms with Gasteiger partial charge < -0.3 is 5.32 Å². The first-order valence-corrected chi connectivity index (χ1v) is 10.2. The van der Waals surface area contributed by atoms with Crippen molar-refractivity contribution in [2.24, 2.45) is 11.8 Å². The Morgan fingerprint density at radius 3 is 1.97 bits per heavy atom. The second-order valence-electron chi connectivity index (χ2n) is 7.74. The number of anilines is 1. The third kappa shape index (κ3) is 4.97. The van der Waals surface area contributed by atoms with E-state index in [1.165, 1.54) is 6.07 Å². The van der Waals surface area contributed by atoms with Gasteiger partial charge in [0.15, 0.2) is 17.4 Å². The van der Waals surface area contributed by atoms with Crippen LogP contribution in [-0.2, 0) is 9.59 Å². The molecule has 0 aliphatic heterocycles. The topological polar surface area (TPSA) is 63.2 Å². The molecule has 3 aromatic carbocycles. The molecule has 0 aliphatic rings. The van der Waals surface area contributed by atoms with Crippen molar-refractivity contribution < 1.29 is 23.2 Å². The van der Waals surface area contributed by atoms with E-state index in [1.54, 1.807) is 74.5 Å². The van der Waals surface area contributed by atoms with E-state index in [-0.39, 0.29) is 0 Å². The van der Waals surface area contributed by atoms with Gasteiger partial charge in [-0.2, -0.15) is 0 Å². The number of rotatable bonds is 8. The number of benzene rings is 3. The minimum atomic E-state index is -1.44. The lowest BCUT2D eigenvalue weighted by Crippen LogP contribution is -2.40. The summed E-state index contributed by atoms with van der Waals surface area (Å²) < 4.78 is 28.4. The van der Waals surface area contributed by atoms with Crippen LogP contribution in [0.3, 0.4) is 0 Å². The fourth-order valence-electron chi connectivity index (χ4n) is 3.56. The van der Waals surface area contributed by atoms with Crippen LogP contribution in [0.25, 0.3) is 0 Å². The average molecular weight is 435 g/mol. The summed E-state index contributed by atoms with van der Waals surface area (Å²) in [6, 6.07) is 20.0. The molecular formula is C26H23F2NO3. The molecule has 2 unspecified atom stereocenters. The van der Waals surface area contributed by atoms with Crippen molar-refractivity contribution in [2.45, 2.75) is 19.8 Å². The van der Waals surface area contributed by atoms with Crippen molar-refractivity contribution in [3.8, 4) is 0 Å². The first-order valence-electron chi connectivity index (χ1n) is 10.2. The van der Waals surface area contributed by atoms with Gasteiger partial charge in [-0.3, -0.25) is 14.4 Å². The molecule has 0 aromatic heterocycles. The molecule has 4 nitrogen and oxygen atoms in total. The lowest BCUT2D eigenvalue weighted by atomic mass is 9.75. The molecule has 0 radical (unpaired) electrons. The Balaban J connectivity index is 2.13. The summed E-state index contributed by atoms with van der Waals surface area (Å²) in [7, 11) is 0. The van der Waals surface area contributed by atoms with Gasteiger partial charge in [0.2, 0.25) is 5.91 Å². The van der Waals surface area contributed by atoms with Gasteiger partial charge in [-0.1, -0.05) is 68.4 Å². The van der Waals surface area contributed by atoms with Gasteiger partial charge in [0.1, 0.15) is 11.7 Å². The Kier molecular flexibility index (Phi) is 7.25. The number of amides is 1. The highest BCUT2D eigenvalue weighted by Crippen LogP contribution is 2.33. The van der Waals surface area contributed by atoms with Crippen LogP contribution in [0.1, 0.15) is 35.7 Å². The smallest absolute Gasteiger partial charge is 0.236 e. The van der Waals surface area contributed by atoms with Gasteiger partial charge in [0.05, 0.1) is 11.5 Å². The molecule has 1 amide bonds. The number of nitrogens with one attached hydrogen (secondary N) is 1. The minimum absolute atomic E-state index is 0.364. The van der Waals surface area contributed by atoms with Gasteiger partial charge in [0, 0.05) is 11.6 Å². The van der Waals surface area contributed by atoms with E-state index in [2.05, 4.69) is 5.32 Å². The van der Waals surface area contributed by atoms with Crippen molar-refractivity contribution in [1.82, 2.24) is 0 Å². The SMILES string of the molecule is CC(C)C(=O)C(C(=O)Nc1ccccc1)C(C(=O)c1cccc(F)c1F)c1ccccc1. The van der Waals surface area contributed by atoms with Crippen LogP contribution in [0, 0.1) is 23.5 Å². The Labute approximate surface area is 185 Å². The van der Waals surface area contributed by atoms with Crippen LogP contribution >= 0.6 is 0 Å². The van der Waals surface area contributed by atoms with Crippen molar-refractivity contribution in [3.63, 3.8) is 0 Å². The molecule has 3 rings (SSSR count). The van der Waals surface area contributed by atoms with E-state index in [1.807, 2.05) is 0 Å². The summed E-state index contributed by atoms with van der Waals surface area (Å²) in [5.41, 5.74) is 0.312. The molecule has 32 heavy (non-hydrogen) atoms. The van der Waals surface area contributed by atoms with Crippen LogP contribution in [0.15, 0.2) is 78.9 Å². The van der Waals surface area contributed by atoms with Crippen molar-refractivity contribution >= 4 is 23.2 Å². The number of para-hydroxylation sites is 1. The fraction of sp³-hybridized carbons (Fsp3) is 0.192. The monoisotopic (exact) mass is 435 g/mol. The van der Waals surface area contributed by atoms with E-state index in [9.17, 15) is 23.2 Å². The summed E-state index contributed by atoms with van der Waals surface area (Å²) >= 11 is 0. The molecule has 6 heteroatoms. The number of carbonyl (C=O) groups is 3. The predicted molar refractivity (Wildman–Crippen MR) is 118 cm³/mol. The maximum atomic E-state index is 14.5. The summed E-state index contributed by atoms with van der Waals surface area (Å²) in [5.74, 6) is -7.82. The second kappa shape index (κ2) is 10.1. The zero-order valence-electron chi connectivity index (χ0n) is 17.7. The Bertz CT molecular complexity index is 1110. The number of carbonyl (C=O) groups excluding carboxylic acids is 3. The van der Waals surface area contributed by atoms with Crippen LogP contribution < -0.4 is 5.32 Å². The molecule has 0 aliphatic carbocycles. The van der Waals surface area contributed by atoms with E-state index in [4.69, 9.17) is 0 Å². The van der Waals surface area contributed by atoms with Crippen LogP contribution in [0.4, 0.5) is 14.5 Å². The van der Waals surface area contributed by atoms with Gasteiger partial charge in [-0.05, 0) is 29.8 Å². The summed E-state index contributed by atoms with van der Waals surface area (Å²) in [5, 5.41) is 2.68. The molecule has 164 valence electrons. The normalized spacial score (nSPS) is 12.8. The third-order valence-corrected chi connectivity index (χ3v) is 5.19. The lowest BCUT2D eigenvalue weighted by Gasteiger charge is -2.26. The van der Waals surface area contributed by atoms with E-state index in [0.29, 0.717) is 11.3 Å². The third-order valence-electron chi connectivity index (χ3n) is 5.19. The number of ketones is 2. The lowest BCUT2D eigenvalue weighted by molar-refractivity contribution is -0.133. The van der Waals surface area contributed by atoms with Gasteiger partial charge in [0.25, 0.3) is 0 Å². The first kappa shape index (κ1) is 23.0. The molecule has 2 atom stereocenters. The maximum absolute atomic E-state index is 14.5.